The van der Waals surface area contributed by atoms with Crippen LogP contribution in [0.1, 0.15) is 142 Å². The molecule has 3 heteroatoms. The quantitative estimate of drug-likeness (QED) is 0.152. The third kappa shape index (κ3) is 14.5. The largest absolute Gasteiger partial charge is 0.274 e. The Balaban J connectivity index is 1.73. The first kappa shape index (κ1) is 25.9. The Hall–Kier alpha value is -1.12. The lowest BCUT2D eigenvalue weighted by atomic mass is 10.0. The summed E-state index contributed by atoms with van der Waals surface area (Å²) < 4.78 is 0. The van der Waals surface area contributed by atoms with E-state index in [0.29, 0.717) is 12.8 Å². The molecule has 1 saturated heterocycles. The van der Waals surface area contributed by atoms with Gasteiger partial charge in [0.1, 0.15) is 0 Å². The minimum Gasteiger partial charge on any atom is -0.274 e. The fourth-order valence-electron chi connectivity index (χ4n) is 4.10. The van der Waals surface area contributed by atoms with Gasteiger partial charge in [0.05, 0.1) is 0 Å². The summed E-state index contributed by atoms with van der Waals surface area (Å²) in [6, 6.07) is 0. The molecule has 1 fully saturated rings. The number of imide groups is 1. The molecule has 0 aliphatic carbocycles. The number of unbranched alkanes of at least 4 members (excludes halogenated alkanes) is 18. The monoisotopic (exact) mass is 405 g/mol. The van der Waals surface area contributed by atoms with Crippen molar-refractivity contribution in [3.8, 4) is 0 Å². The minimum absolute atomic E-state index is 0.0518. The molecule has 29 heavy (non-hydrogen) atoms. The van der Waals surface area contributed by atoms with Crippen molar-refractivity contribution in [3.05, 3.63) is 12.3 Å². The van der Waals surface area contributed by atoms with Gasteiger partial charge in [-0.3, -0.25) is 14.5 Å². The highest BCUT2D eigenvalue weighted by Crippen LogP contribution is 2.15. The number of hydrogen-bond acceptors (Lipinski definition) is 2. The van der Waals surface area contributed by atoms with Gasteiger partial charge in [0, 0.05) is 19.0 Å². The second kappa shape index (κ2) is 18.9. The van der Waals surface area contributed by atoms with Crippen LogP contribution in [0.4, 0.5) is 0 Å². The zero-order valence-electron chi connectivity index (χ0n) is 19.3. The van der Waals surface area contributed by atoms with Gasteiger partial charge in [-0.2, -0.15) is 0 Å². The standard InChI is InChI=1S/C26H47NO2/c1-2-3-4-5-6-7-8-9-10-11-12-13-14-15-16-17-18-19-20-21-24-27-25(28)22-23-26(27)29/h21,24H,2-20,22-23H2,1H3. The molecule has 0 bridgehead atoms. The summed E-state index contributed by atoms with van der Waals surface area (Å²) in [7, 11) is 0. The highest BCUT2D eigenvalue weighted by Gasteiger charge is 2.26. The van der Waals surface area contributed by atoms with Crippen molar-refractivity contribution in [2.45, 2.75) is 142 Å². The van der Waals surface area contributed by atoms with Crippen molar-refractivity contribution in [2.24, 2.45) is 0 Å². The molecule has 0 N–H and O–H groups in total. The zero-order valence-corrected chi connectivity index (χ0v) is 19.3. The van der Waals surface area contributed by atoms with Gasteiger partial charge in [-0.25, -0.2) is 0 Å². The second-order valence-corrected chi connectivity index (χ2v) is 8.84. The number of carbonyl (C=O) groups excluding carboxylic acids is 2. The van der Waals surface area contributed by atoms with Gasteiger partial charge in [0.25, 0.3) is 0 Å². The predicted octanol–water partition coefficient (Wildman–Crippen LogP) is 8.08. The smallest absolute Gasteiger partial charge is 0.233 e. The van der Waals surface area contributed by atoms with Crippen LogP contribution < -0.4 is 0 Å². The molecule has 1 rings (SSSR count). The number of allylic oxidation sites excluding steroid dienone is 1. The number of rotatable bonds is 20. The maximum absolute atomic E-state index is 11.5. The van der Waals surface area contributed by atoms with Gasteiger partial charge >= 0.3 is 0 Å². The average Bonchev–Trinajstić information content (AvgIpc) is 3.04. The minimum atomic E-state index is -0.0518. The van der Waals surface area contributed by atoms with Crippen LogP contribution in [-0.4, -0.2) is 16.7 Å². The third-order valence-corrected chi connectivity index (χ3v) is 6.07. The Morgan fingerprint density at radius 1 is 0.586 bits per heavy atom. The van der Waals surface area contributed by atoms with Crippen molar-refractivity contribution in [3.63, 3.8) is 0 Å². The van der Waals surface area contributed by atoms with Gasteiger partial charge in [-0.15, -0.1) is 0 Å². The van der Waals surface area contributed by atoms with Crippen LogP contribution in [-0.2, 0) is 9.59 Å². The Labute approximate surface area is 180 Å². The normalized spacial score (nSPS) is 14.6. The maximum atomic E-state index is 11.5. The lowest BCUT2D eigenvalue weighted by molar-refractivity contribution is -0.135. The summed E-state index contributed by atoms with van der Waals surface area (Å²) in [4.78, 5) is 24.2. The summed E-state index contributed by atoms with van der Waals surface area (Å²) in [5, 5.41) is 0. The highest BCUT2D eigenvalue weighted by atomic mass is 16.2. The molecular weight excluding hydrogens is 358 g/mol. The molecule has 0 spiro atoms. The fraction of sp³-hybridized carbons (Fsp3) is 0.846. The van der Waals surface area contributed by atoms with E-state index in [1.54, 1.807) is 6.20 Å². The average molecular weight is 406 g/mol. The molecular formula is C26H47NO2. The Morgan fingerprint density at radius 3 is 1.31 bits per heavy atom. The van der Waals surface area contributed by atoms with Crippen LogP contribution in [0.25, 0.3) is 0 Å². The van der Waals surface area contributed by atoms with Crippen molar-refractivity contribution >= 4 is 11.8 Å². The maximum Gasteiger partial charge on any atom is 0.233 e. The summed E-state index contributed by atoms with van der Waals surface area (Å²) in [6.07, 6.45) is 30.4. The molecule has 1 aliphatic rings. The molecule has 0 aromatic rings. The zero-order chi connectivity index (χ0) is 21.0. The molecule has 2 amide bonds. The topological polar surface area (TPSA) is 37.4 Å². The number of carbonyl (C=O) groups is 2. The van der Waals surface area contributed by atoms with Crippen molar-refractivity contribution in [1.29, 1.82) is 0 Å². The van der Waals surface area contributed by atoms with Crippen molar-refractivity contribution in [2.75, 3.05) is 0 Å². The first-order chi connectivity index (χ1) is 14.3. The summed E-state index contributed by atoms with van der Waals surface area (Å²) in [6.45, 7) is 2.28. The highest BCUT2D eigenvalue weighted by molar-refractivity contribution is 6.02. The van der Waals surface area contributed by atoms with Gasteiger partial charge in [-0.1, -0.05) is 122 Å². The SMILES string of the molecule is CCCCCCCCCCCCCCCCCCCCC=CN1C(=O)CCC1=O. The number of nitrogens with zero attached hydrogens (tertiary/aromatic N) is 1. The molecule has 0 atom stereocenters. The molecule has 0 radical (unpaired) electrons. The van der Waals surface area contributed by atoms with E-state index in [1.807, 2.05) is 6.08 Å². The predicted molar refractivity (Wildman–Crippen MR) is 124 cm³/mol. The van der Waals surface area contributed by atoms with Gasteiger partial charge in [-0.05, 0) is 12.8 Å². The summed E-state index contributed by atoms with van der Waals surface area (Å²) in [5.41, 5.74) is 0. The second-order valence-electron chi connectivity index (χ2n) is 8.84. The molecule has 0 aromatic heterocycles. The van der Waals surface area contributed by atoms with Crippen LogP contribution in [0.2, 0.25) is 0 Å². The lowest BCUT2D eigenvalue weighted by Gasteiger charge is -2.06. The van der Waals surface area contributed by atoms with Crippen molar-refractivity contribution in [1.82, 2.24) is 4.90 Å². The number of amides is 2. The van der Waals surface area contributed by atoms with Crippen LogP contribution in [0, 0.1) is 0 Å². The lowest BCUT2D eigenvalue weighted by Crippen LogP contribution is -2.22. The third-order valence-electron chi connectivity index (χ3n) is 6.07. The molecule has 1 heterocycles. The summed E-state index contributed by atoms with van der Waals surface area (Å²) in [5.74, 6) is -0.104. The van der Waals surface area contributed by atoms with Crippen molar-refractivity contribution < 1.29 is 9.59 Å². The van der Waals surface area contributed by atoms with E-state index in [2.05, 4.69) is 6.92 Å². The van der Waals surface area contributed by atoms with E-state index in [4.69, 9.17) is 0 Å². The van der Waals surface area contributed by atoms with E-state index in [1.165, 1.54) is 114 Å². The molecule has 1 aliphatic heterocycles. The Kier molecular flexibility index (Phi) is 16.9. The van der Waals surface area contributed by atoms with Crippen LogP contribution in [0.5, 0.6) is 0 Å². The Bertz CT molecular complexity index is 428. The summed E-state index contributed by atoms with van der Waals surface area (Å²) >= 11 is 0. The number of likely N-dealkylation sites (tertiary alicyclic amines) is 1. The Morgan fingerprint density at radius 2 is 0.931 bits per heavy atom. The fourth-order valence-corrected chi connectivity index (χ4v) is 4.10. The van der Waals surface area contributed by atoms with E-state index < -0.39 is 0 Å². The van der Waals surface area contributed by atoms with E-state index >= 15 is 0 Å². The van der Waals surface area contributed by atoms with E-state index in [0.717, 1.165) is 12.8 Å². The van der Waals surface area contributed by atoms with E-state index in [9.17, 15) is 9.59 Å². The van der Waals surface area contributed by atoms with Gasteiger partial charge < -0.3 is 0 Å². The molecule has 3 nitrogen and oxygen atoms in total. The molecule has 0 unspecified atom stereocenters. The molecule has 0 aromatic carbocycles. The van der Waals surface area contributed by atoms with Crippen LogP contribution in [0.15, 0.2) is 12.3 Å². The molecule has 168 valence electrons. The van der Waals surface area contributed by atoms with Gasteiger partial charge in [0.2, 0.25) is 11.8 Å². The molecule has 0 saturated carbocycles. The first-order valence-corrected chi connectivity index (χ1v) is 12.8. The van der Waals surface area contributed by atoms with Crippen LogP contribution in [0.3, 0.4) is 0 Å². The first-order valence-electron chi connectivity index (χ1n) is 12.8. The van der Waals surface area contributed by atoms with Gasteiger partial charge in [0.15, 0.2) is 0 Å². The number of hydrogen-bond donors (Lipinski definition) is 0. The van der Waals surface area contributed by atoms with E-state index in [-0.39, 0.29) is 11.8 Å². The van der Waals surface area contributed by atoms with Crippen LogP contribution >= 0.6 is 0 Å².